The van der Waals surface area contributed by atoms with Crippen LogP contribution in [0.4, 0.5) is 0 Å². The Kier molecular flexibility index (Phi) is 4.75. The number of aryl methyl sites for hydroxylation is 1. The fourth-order valence-electron chi connectivity index (χ4n) is 2.91. The summed E-state index contributed by atoms with van der Waals surface area (Å²) in [4.78, 5) is 4.46. The molecule has 2 heterocycles. The predicted octanol–water partition coefficient (Wildman–Crippen LogP) is 2.54. The summed E-state index contributed by atoms with van der Waals surface area (Å²) in [6.45, 7) is 6.61. The van der Waals surface area contributed by atoms with Crippen molar-refractivity contribution in [1.29, 1.82) is 0 Å². The van der Waals surface area contributed by atoms with E-state index in [-0.39, 0.29) is 5.54 Å². The van der Waals surface area contributed by atoms with Crippen LogP contribution in [0.2, 0.25) is 0 Å². The van der Waals surface area contributed by atoms with Gasteiger partial charge in [-0.25, -0.2) is 4.98 Å². The molecule has 1 unspecified atom stereocenters. The molecule has 1 aliphatic rings. The SMILES string of the molecule is CCCn1ncnc1CC1(CC)CCCCCN1. The second kappa shape index (κ2) is 6.32. The average Bonchev–Trinajstić information content (AvgIpc) is 2.67. The zero-order chi connectivity index (χ0) is 12.8. The molecule has 0 aromatic carbocycles. The third-order valence-corrected chi connectivity index (χ3v) is 4.14. The van der Waals surface area contributed by atoms with E-state index in [1.165, 1.54) is 32.1 Å². The van der Waals surface area contributed by atoms with Gasteiger partial charge in [0.1, 0.15) is 12.2 Å². The molecule has 102 valence electrons. The molecule has 0 spiro atoms. The van der Waals surface area contributed by atoms with E-state index in [0.29, 0.717) is 0 Å². The maximum Gasteiger partial charge on any atom is 0.138 e. The fraction of sp³-hybridized carbons (Fsp3) is 0.857. The van der Waals surface area contributed by atoms with E-state index in [1.807, 2.05) is 0 Å². The highest BCUT2D eigenvalue weighted by Crippen LogP contribution is 2.26. The molecule has 0 saturated carbocycles. The molecular formula is C14H26N4. The van der Waals surface area contributed by atoms with Gasteiger partial charge in [0, 0.05) is 18.5 Å². The van der Waals surface area contributed by atoms with Crippen LogP contribution in [0.5, 0.6) is 0 Å². The quantitative estimate of drug-likeness (QED) is 0.873. The van der Waals surface area contributed by atoms with E-state index in [2.05, 4.69) is 33.9 Å². The molecule has 1 saturated heterocycles. The molecule has 4 heteroatoms. The number of hydrogen-bond acceptors (Lipinski definition) is 3. The van der Waals surface area contributed by atoms with Gasteiger partial charge < -0.3 is 5.32 Å². The Morgan fingerprint density at radius 3 is 3.00 bits per heavy atom. The van der Waals surface area contributed by atoms with Crippen molar-refractivity contribution >= 4 is 0 Å². The third-order valence-electron chi connectivity index (χ3n) is 4.14. The lowest BCUT2D eigenvalue weighted by atomic mass is 9.87. The van der Waals surface area contributed by atoms with Crippen LogP contribution >= 0.6 is 0 Å². The molecule has 0 aliphatic carbocycles. The summed E-state index contributed by atoms with van der Waals surface area (Å²) in [5, 5.41) is 8.11. The summed E-state index contributed by atoms with van der Waals surface area (Å²) >= 11 is 0. The molecule has 1 fully saturated rings. The Morgan fingerprint density at radius 1 is 1.33 bits per heavy atom. The van der Waals surface area contributed by atoms with Crippen LogP contribution < -0.4 is 5.32 Å². The number of rotatable bonds is 5. The van der Waals surface area contributed by atoms with E-state index >= 15 is 0 Å². The zero-order valence-electron chi connectivity index (χ0n) is 11.8. The molecule has 1 atom stereocenters. The molecule has 1 aromatic heterocycles. The van der Waals surface area contributed by atoms with E-state index < -0.39 is 0 Å². The van der Waals surface area contributed by atoms with Gasteiger partial charge in [-0.2, -0.15) is 5.10 Å². The van der Waals surface area contributed by atoms with Crippen LogP contribution in [0, 0.1) is 0 Å². The Bertz CT molecular complexity index is 350. The first-order chi connectivity index (χ1) is 8.79. The summed E-state index contributed by atoms with van der Waals surface area (Å²) in [5.41, 5.74) is 0.245. The van der Waals surface area contributed by atoms with Crippen LogP contribution in [0.3, 0.4) is 0 Å². The molecule has 1 aromatic rings. The fourth-order valence-corrected chi connectivity index (χ4v) is 2.91. The van der Waals surface area contributed by atoms with Gasteiger partial charge in [-0.3, -0.25) is 4.68 Å². The van der Waals surface area contributed by atoms with E-state index in [4.69, 9.17) is 0 Å². The van der Waals surface area contributed by atoms with Crippen LogP contribution in [0.25, 0.3) is 0 Å². The Hall–Kier alpha value is -0.900. The summed E-state index contributed by atoms with van der Waals surface area (Å²) in [6, 6.07) is 0. The normalized spacial score (nSPS) is 25.0. The highest BCUT2D eigenvalue weighted by Gasteiger charge is 2.30. The average molecular weight is 250 g/mol. The second-order valence-corrected chi connectivity index (χ2v) is 5.45. The van der Waals surface area contributed by atoms with Crippen LogP contribution in [0.15, 0.2) is 6.33 Å². The Balaban J connectivity index is 2.10. The van der Waals surface area contributed by atoms with Crippen molar-refractivity contribution in [3.63, 3.8) is 0 Å². The molecule has 0 amide bonds. The maximum atomic E-state index is 4.46. The van der Waals surface area contributed by atoms with Crippen molar-refractivity contribution in [1.82, 2.24) is 20.1 Å². The first kappa shape index (κ1) is 13.5. The molecule has 1 N–H and O–H groups in total. The van der Waals surface area contributed by atoms with Crippen molar-refractivity contribution in [3.05, 3.63) is 12.2 Å². The standard InChI is InChI=1S/C14H26N4/c1-3-10-18-13(15-12-17-18)11-14(4-2)8-6-5-7-9-16-14/h12,16H,3-11H2,1-2H3. The van der Waals surface area contributed by atoms with Gasteiger partial charge in [-0.15, -0.1) is 0 Å². The van der Waals surface area contributed by atoms with Crippen molar-refractivity contribution in [2.45, 2.75) is 70.9 Å². The van der Waals surface area contributed by atoms with E-state index in [0.717, 1.165) is 31.8 Å². The molecule has 18 heavy (non-hydrogen) atoms. The number of nitrogens with one attached hydrogen (secondary N) is 1. The summed E-state index contributed by atoms with van der Waals surface area (Å²) < 4.78 is 2.07. The Morgan fingerprint density at radius 2 is 2.22 bits per heavy atom. The zero-order valence-corrected chi connectivity index (χ0v) is 11.8. The van der Waals surface area contributed by atoms with Crippen molar-refractivity contribution < 1.29 is 0 Å². The van der Waals surface area contributed by atoms with Crippen LogP contribution in [0.1, 0.15) is 58.2 Å². The monoisotopic (exact) mass is 250 g/mol. The van der Waals surface area contributed by atoms with Gasteiger partial charge in [0.25, 0.3) is 0 Å². The number of aromatic nitrogens is 3. The molecular weight excluding hydrogens is 224 g/mol. The third kappa shape index (κ3) is 3.10. The van der Waals surface area contributed by atoms with E-state index in [9.17, 15) is 0 Å². The van der Waals surface area contributed by atoms with Gasteiger partial charge in [-0.05, 0) is 32.2 Å². The minimum absolute atomic E-state index is 0.245. The van der Waals surface area contributed by atoms with Gasteiger partial charge in [-0.1, -0.05) is 26.7 Å². The number of nitrogens with zero attached hydrogens (tertiary/aromatic N) is 3. The Labute approximate surface area is 110 Å². The predicted molar refractivity (Wildman–Crippen MR) is 73.5 cm³/mol. The summed E-state index contributed by atoms with van der Waals surface area (Å²) in [5.74, 6) is 1.15. The molecule has 1 aliphatic heterocycles. The first-order valence-corrected chi connectivity index (χ1v) is 7.41. The molecule has 0 radical (unpaired) electrons. The smallest absolute Gasteiger partial charge is 0.138 e. The molecule has 0 bridgehead atoms. The van der Waals surface area contributed by atoms with Crippen molar-refractivity contribution in [2.24, 2.45) is 0 Å². The van der Waals surface area contributed by atoms with Crippen LogP contribution in [-0.4, -0.2) is 26.8 Å². The minimum Gasteiger partial charge on any atom is -0.311 e. The van der Waals surface area contributed by atoms with E-state index in [1.54, 1.807) is 6.33 Å². The maximum absolute atomic E-state index is 4.46. The van der Waals surface area contributed by atoms with Gasteiger partial charge >= 0.3 is 0 Å². The lowest BCUT2D eigenvalue weighted by Crippen LogP contribution is -2.46. The largest absolute Gasteiger partial charge is 0.311 e. The van der Waals surface area contributed by atoms with Crippen LogP contribution in [-0.2, 0) is 13.0 Å². The van der Waals surface area contributed by atoms with Gasteiger partial charge in [0.2, 0.25) is 0 Å². The van der Waals surface area contributed by atoms with Gasteiger partial charge in [0.05, 0.1) is 0 Å². The highest BCUT2D eigenvalue weighted by atomic mass is 15.3. The minimum atomic E-state index is 0.245. The first-order valence-electron chi connectivity index (χ1n) is 7.41. The number of hydrogen-bond donors (Lipinski definition) is 1. The van der Waals surface area contributed by atoms with Crippen molar-refractivity contribution in [3.8, 4) is 0 Å². The second-order valence-electron chi connectivity index (χ2n) is 5.45. The topological polar surface area (TPSA) is 42.7 Å². The summed E-state index contributed by atoms with van der Waals surface area (Å²) in [6.07, 6.45) is 10.3. The van der Waals surface area contributed by atoms with Gasteiger partial charge in [0.15, 0.2) is 0 Å². The van der Waals surface area contributed by atoms with Crippen molar-refractivity contribution in [2.75, 3.05) is 6.54 Å². The highest BCUT2D eigenvalue weighted by molar-refractivity contribution is 4.99. The summed E-state index contributed by atoms with van der Waals surface area (Å²) in [7, 11) is 0. The molecule has 2 rings (SSSR count). The lowest BCUT2D eigenvalue weighted by Gasteiger charge is -2.32. The molecule has 4 nitrogen and oxygen atoms in total. The lowest BCUT2D eigenvalue weighted by molar-refractivity contribution is 0.291.